The van der Waals surface area contributed by atoms with E-state index >= 15 is 0 Å². The molecule has 0 amide bonds. The number of ether oxygens (including phenoxy) is 3. The lowest BCUT2D eigenvalue weighted by Gasteiger charge is -2.27. The van der Waals surface area contributed by atoms with Crippen molar-refractivity contribution >= 4 is 0 Å². The second-order valence-corrected chi connectivity index (χ2v) is 4.32. The van der Waals surface area contributed by atoms with Crippen molar-refractivity contribution in [3.05, 3.63) is 0 Å². The SMILES string of the molecule is COCC(NCC1CCOCO1)C(C)C. The standard InChI is InChI=1S/C11H23NO3/c1-9(2)11(7-13-3)12-6-10-4-5-14-8-15-10/h9-12H,4-8H2,1-3H3. The first-order valence-corrected chi connectivity index (χ1v) is 5.65. The number of rotatable bonds is 6. The molecule has 1 saturated heterocycles. The predicted octanol–water partition coefficient (Wildman–Crippen LogP) is 1.01. The third-order valence-electron chi connectivity index (χ3n) is 2.73. The molecular formula is C11H23NO3. The molecule has 0 radical (unpaired) electrons. The quantitative estimate of drug-likeness (QED) is 0.721. The fourth-order valence-electron chi connectivity index (χ4n) is 1.61. The van der Waals surface area contributed by atoms with Crippen LogP contribution in [0, 0.1) is 5.92 Å². The van der Waals surface area contributed by atoms with Crippen LogP contribution in [-0.2, 0) is 14.2 Å². The van der Waals surface area contributed by atoms with E-state index in [9.17, 15) is 0 Å². The number of methoxy groups -OCH3 is 1. The third kappa shape index (κ3) is 4.93. The van der Waals surface area contributed by atoms with Crippen LogP contribution in [0.1, 0.15) is 20.3 Å². The van der Waals surface area contributed by atoms with Gasteiger partial charge < -0.3 is 19.5 Å². The largest absolute Gasteiger partial charge is 0.383 e. The Labute approximate surface area is 92.3 Å². The molecule has 1 fully saturated rings. The highest BCUT2D eigenvalue weighted by atomic mass is 16.7. The molecule has 1 aliphatic rings. The first-order chi connectivity index (χ1) is 7.24. The van der Waals surface area contributed by atoms with Gasteiger partial charge in [-0.1, -0.05) is 13.8 Å². The van der Waals surface area contributed by atoms with E-state index in [2.05, 4.69) is 19.2 Å². The zero-order valence-corrected chi connectivity index (χ0v) is 9.99. The lowest BCUT2D eigenvalue weighted by atomic mass is 10.1. The topological polar surface area (TPSA) is 39.7 Å². The van der Waals surface area contributed by atoms with Gasteiger partial charge in [0.05, 0.1) is 19.3 Å². The molecule has 1 aliphatic heterocycles. The van der Waals surface area contributed by atoms with Crippen molar-refractivity contribution in [2.24, 2.45) is 5.92 Å². The van der Waals surface area contributed by atoms with Crippen LogP contribution in [0.2, 0.25) is 0 Å². The molecule has 0 aromatic carbocycles. The Kier molecular flexibility index (Phi) is 6.17. The Balaban J connectivity index is 2.19. The molecule has 15 heavy (non-hydrogen) atoms. The van der Waals surface area contributed by atoms with Gasteiger partial charge in [-0.3, -0.25) is 0 Å². The average molecular weight is 217 g/mol. The van der Waals surface area contributed by atoms with E-state index in [-0.39, 0.29) is 6.10 Å². The molecule has 90 valence electrons. The minimum Gasteiger partial charge on any atom is -0.383 e. The van der Waals surface area contributed by atoms with Crippen LogP contribution in [-0.4, -0.2) is 45.8 Å². The maximum absolute atomic E-state index is 5.46. The summed E-state index contributed by atoms with van der Waals surface area (Å²) in [5, 5.41) is 3.48. The Hall–Kier alpha value is -0.160. The van der Waals surface area contributed by atoms with Crippen LogP contribution < -0.4 is 5.32 Å². The number of nitrogens with one attached hydrogen (secondary N) is 1. The van der Waals surface area contributed by atoms with Gasteiger partial charge in [-0.15, -0.1) is 0 Å². The first kappa shape index (κ1) is 12.9. The summed E-state index contributed by atoms with van der Waals surface area (Å²) in [7, 11) is 1.74. The molecule has 1 N–H and O–H groups in total. The van der Waals surface area contributed by atoms with E-state index in [1.807, 2.05) is 0 Å². The highest BCUT2D eigenvalue weighted by molar-refractivity contribution is 4.73. The Bertz CT molecular complexity index is 158. The van der Waals surface area contributed by atoms with Gasteiger partial charge in [0.15, 0.2) is 0 Å². The van der Waals surface area contributed by atoms with Crippen LogP contribution in [0.15, 0.2) is 0 Å². The van der Waals surface area contributed by atoms with Gasteiger partial charge in [-0.2, -0.15) is 0 Å². The van der Waals surface area contributed by atoms with Crippen molar-refractivity contribution in [1.29, 1.82) is 0 Å². The molecule has 2 unspecified atom stereocenters. The van der Waals surface area contributed by atoms with Crippen molar-refractivity contribution in [3.8, 4) is 0 Å². The van der Waals surface area contributed by atoms with Gasteiger partial charge in [0, 0.05) is 19.7 Å². The molecule has 0 aromatic rings. The molecule has 1 heterocycles. The second-order valence-electron chi connectivity index (χ2n) is 4.32. The maximum Gasteiger partial charge on any atom is 0.147 e. The summed E-state index contributed by atoms with van der Waals surface area (Å²) in [5.41, 5.74) is 0. The summed E-state index contributed by atoms with van der Waals surface area (Å²) in [6.07, 6.45) is 1.27. The molecule has 0 saturated carbocycles. The molecule has 4 heteroatoms. The van der Waals surface area contributed by atoms with Crippen LogP contribution in [0.25, 0.3) is 0 Å². The fourth-order valence-corrected chi connectivity index (χ4v) is 1.61. The monoisotopic (exact) mass is 217 g/mol. The molecule has 0 bridgehead atoms. The molecule has 1 rings (SSSR count). The lowest BCUT2D eigenvalue weighted by molar-refractivity contribution is -0.138. The van der Waals surface area contributed by atoms with Crippen LogP contribution in [0.4, 0.5) is 0 Å². The molecule has 0 aliphatic carbocycles. The van der Waals surface area contributed by atoms with E-state index in [4.69, 9.17) is 14.2 Å². The van der Waals surface area contributed by atoms with E-state index in [1.54, 1.807) is 7.11 Å². The van der Waals surface area contributed by atoms with Crippen molar-refractivity contribution in [3.63, 3.8) is 0 Å². The third-order valence-corrected chi connectivity index (χ3v) is 2.73. The Morgan fingerprint density at radius 3 is 2.80 bits per heavy atom. The van der Waals surface area contributed by atoms with Crippen molar-refractivity contribution in [1.82, 2.24) is 5.32 Å². The van der Waals surface area contributed by atoms with Gasteiger partial charge in [0.2, 0.25) is 0 Å². The van der Waals surface area contributed by atoms with Crippen molar-refractivity contribution in [2.75, 3.05) is 33.7 Å². The number of hydrogen-bond donors (Lipinski definition) is 1. The van der Waals surface area contributed by atoms with Gasteiger partial charge in [-0.05, 0) is 12.3 Å². The highest BCUT2D eigenvalue weighted by Gasteiger charge is 2.17. The summed E-state index contributed by atoms with van der Waals surface area (Å²) in [5.74, 6) is 0.574. The minimum absolute atomic E-state index is 0.289. The van der Waals surface area contributed by atoms with Gasteiger partial charge in [0.25, 0.3) is 0 Å². The minimum atomic E-state index is 0.289. The summed E-state index contributed by atoms with van der Waals surface area (Å²) in [6, 6.07) is 0.404. The highest BCUT2D eigenvalue weighted by Crippen LogP contribution is 2.07. The summed E-state index contributed by atoms with van der Waals surface area (Å²) in [6.45, 7) is 7.27. The van der Waals surface area contributed by atoms with Crippen LogP contribution in [0.3, 0.4) is 0 Å². The van der Waals surface area contributed by atoms with E-state index in [0.29, 0.717) is 18.8 Å². The second kappa shape index (κ2) is 7.17. The molecule has 0 aromatic heterocycles. The molecule has 0 spiro atoms. The van der Waals surface area contributed by atoms with E-state index in [1.165, 1.54) is 0 Å². The van der Waals surface area contributed by atoms with E-state index < -0.39 is 0 Å². The van der Waals surface area contributed by atoms with Gasteiger partial charge >= 0.3 is 0 Å². The van der Waals surface area contributed by atoms with Crippen LogP contribution in [0.5, 0.6) is 0 Å². The predicted molar refractivity (Wildman–Crippen MR) is 58.8 cm³/mol. The van der Waals surface area contributed by atoms with Crippen molar-refractivity contribution in [2.45, 2.75) is 32.4 Å². The molecule has 2 atom stereocenters. The van der Waals surface area contributed by atoms with Gasteiger partial charge in [-0.25, -0.2) is 0 Å². The first-order valence-electron chi connectivity index (χ1n) is 5.65. The molecular weight excluding hydrogens is 194 g/mol. The lowest BCUT2D eigenvalue weighted by Crippen LogP contribution is -2.43. The average Bonchev–Trinajstić information content (AvgIpc) is 2.25. The summed E-state index contributed by atoms with van der Waals surface area (Å²) in [4.78, 5) is 0. The van der Waals surface area contributed by atoms with Crippen molar-refractivity contribution < 1.29 is 14.2 Å². The zero-order chi connectivity index (χ0) is 11.1. The van der Waals surface area contributed by atoms with Gasteiger partial charge in [0.1, 0.15) is 6.79 Å². The summed E-state index contributed by atoms with van der Waals surface area (Å²) >= 11 is 0. The Morgan fingerprint density at radius 2 is 2.27 bits per heavy atom. The summed E-state index contributed by atoms with van der Waals surface area (Å²) < 4.78 is 15.8. The normalized spacial score (nSPS) is 24.4. The van der Waals surface area contributed by atoms with E-state index in [0.717, 1.165) is 26.2 Å². The smallest absolute Gasteiger partial charge is 0.147 e. The Morgan fingerprint density at radius 1 is 1.47 bits per heavy atom. The van der Waals surface area contributed by atoms with Crippen LogP contribution >= 0.6 is 0 Å². The fraction of sp³-hybridized carbons (Fsp3) is 1.00. The zero-order valence-electron chi connectivity index (χ0n) is 9.99. The molecule has 4 nitrogen and oxygen atoms in total. The number of hydrogen-bond acceptors (Lipinski definition) is 4. The maximum atomic E-state index is 5.46.